The third-order valence-electron chi connectivity index (χ3n) is 5.00. The summed E-state index contributed by atoms with van der Waals surface area (Å²) in [4.78, 5) is 5.73. The lowest BCUT2D eigenvalue weighted by atomic mass is 10.0. The van der Waals surface area contributed by atoms with Crippen LogP contribution < -0.4 is 9.64 Å². The maximum Gasteiger partial charge on any atom is 0.417 e. The molecule has 0 bridgehead atoms. The number of nitrogens with zero attached hydrogens (tertiary/aromatic N) is 2. The lowest BCUT2D eigenvalue weighted by Gasteiger charge is -2.20. The Balaban J connectivity index is 1.44. The molecule has 156 valence electrons. The van der Waals surface area contributed by atoms with Gasteiger partial charge in [0.15, 0.2) is 0 Å². The largest absolute Gasteiger partial charge is 0.506 e. The van der Waals surface area contributed by atoms with E-state index in [9.17, 15) is 18.3 Å². The molecule has 0 spiro atoms. The number of phenolic OH excluding ortho intramolecular Hbond substituents is 1. The highest BCUT2D eigenvalue weighted by molar-refractivity contribution is 6.33. The molecule has 1 atom stereocenters. The molecule has 0 unspecified atom stereocenters. The van der Waals surface area contributed by atoms with E-state index in [1.165, 1.54) is 6.07 Å². The van der Waals surface area contributed by atoms with E-state index < -0.39 is 11.7 Å². The Morgan fingerprint density at radius 3 is 2.57 bits per heavy atom. The number of aromatic hydroxyl groups is 1. The van der Waals surface area contributed by atoms with E-state index in [4.69, 9.17) is 16.3 Å². The number of anilines is 1. The lowest BCUT2D eigenvalue weighted by Crippen LogP contribution is -2.24. The topological polar surface area (TPSA) is 45.6 Å². The average Bonchev–Trinajstić information content (AvgIpc) is 3.16. The van der Waals surface area contributed by atoms with Gasteiger partial charge in [0.25, 0.3) is 0 Å². The lowest BCUT2D eigenvalue weighted by molar-refractivity contribution is -0.137. The molecule has 1 aliphatic heterocycles. The van der Waals surface area contributed by atoms with Crippen LogP contribution in [0.3, 0.4) is 0 Å². The van der Waals surface area contributed by atoms with Crippen LogP contribution in [0.4, 0.5) is 18.9 Å². The molecular weight excluding hydrogens is 417 g/mol. The van der Waals surface area contributed by atoms with Crippen LogP contribution in [0.1, 0.15) is 12.0 Å². The standard InChI is InChI=1S/C22H18ClF3N2O2/c23-18-4-2-1-3-17(18)14-5-7-19(20(29)11-14)28-10-9-16(13-28)30-21-8-6-15(12-27-21)22(24,25)26/h1-8,11-12,16,29H,9-10,13H2/t16-/m1/s1. The monoisotopic (exact) mass is 434 g/mol. The van der Waals surface area contributed by atoms with Gasteiger partial charge in [0.2, 0.25) is 5.88 Å². The van der Waals surface area contributed by atoms with Crippen LogP contribution in [0.25, 0.3) is 11.1 Å². The van der Waals surface area contributed by atoms with Gasteiger partial charge in [-0.3, -0.25) is 0 Å². The predicted molar refractivity (Wildman–Crippen MR) is 109 cm³/mol. The zero-order chi connectivity index (χ0) is 21.3. The molecule has 0 aliphatic carbocycles. The minimum Gasteiger partial charge on any atom is -0.506 e. The molecule has 0 saturated carbocycles. The Morgan fingerprint density at radius 1 is 1.10 bits per heavy atom. The summed E-state index contributed by atoms with van der Waals surface area (Å²) in [7, 11) is 0. The highest BCUT2D eigenvalue weighted by Gasteiger charge is 2.31. The van der Waals surface area contributed by atoms with Crippen LogP contribution in [-0.4, -0.2) is 29.3 Å². The van der Waals surface area contributed by atoms with Gasteiger partial charge in [-0.25, -0.2) is 4.98 Å². The van der Waals surface area contributed by atoms with E-state index in [0.29, 0.717) is 30.2 Å². The molecule has 2 heterocycles. The highest BCUT2D eigenvalue weighted by atomic mass is 35.5. The summed E-state index contributed by atoms with van der Waals surface area (Å²) >= 11 is 6.23. The Bertz CT molecular complexity index is 1040. The van der Waals surface area contributed by atoms with Gasteiger partial charge in [-0.1, -0.05) is 35.9 Å². The van der Waals surface area contributed by atoms with Crippen molar-refractivity contribution < 1.29 is 23.0 Å². The summed E-state index contributed by atoms with van der Waals surface area (Å²) in [5.74, 6) is 0.272. The minimum atomic E-state index is -4.43. The molecule has 1 N–H and O–H groups in total. The first-order valence-corrected chi connectivity index (χ1v) is 9.72. The van der Waals surface area contributed by atoms with Crippen molar-refractivity contribution in [3.05, 3.63) is 71.4 Å². The molecule has 3 aromatic rings. The van der Waals surface area contributed by atoms with Gasteiger partial charge in [0.1, 0.15) is 11.9 Å². The molecule has 4 rings (SSSR count). The minimum absolute atomic E-state index is 0.126. The van der Waals surface area contributed by atoms with Gasteiger partial charge < -0.3 is 14.7 Å². The summed E-state index contributed by atoms with van der Waals surface area (Å²) in [6, 6.07) is 15.0. The fraction of sp³-hybridized carbons (Fsp3) is 0.227. The van der Waals surface area contributed by atoms with E-state index in [0.717, 1.165) is 23.4 Å². The second-order valence-electron chi connectivity index (χ2n) is 7.04. The number of hydrogen-bond acceptors (Lipinski definition) is 4. The number of aromatic nitrogens is 1. The molecule has 1 saturated heterocycles. The fourth-order valence-corrected chi connectivity index (χ4v) is 3.73. The maximum absolute atomic E-state index is 12.6. The summed E-state index contributed by atoms with van der Waals surface area (Å²) in [5.41, 5.74) is 1.49. The number of halogens is 4. The van der Waals surface area contributed by atoms with Crippen LogP contribution in [0.5, 0.6) is 11.6 Å². The first-order valence-electron chi connectivity index (χ1n) is 9.34. The van der Waals surface area contributed by atoms with E-state index in [1.54, 1.807) is 12.1 Å². The number of ether oxygens (including phenoxy) is 1. The van der Waals surface area contributed by atoms with Crippen molar-refractivity contribution in [1.29, 1.82) is 0 Å². The second kappa shape index (κ2) is 8.07. The van der Waals surface area contributed by atoms with Crippen molar-refractivity contribution in [3.63, 3.8) is 0 Å². The van der Waals surface area contributed by atoms with Crippen LogP contribution >= 0.6 is 11.6 Å². The van der Waals surface area contributed by atoms with E-state index in [1.807, 2.05) is 35.2 Å². The number of hydrogen-bond donors (Lipinski definition) is 1. The van der Waals surface area contributed by atoms with Crippen LogP contribution in [0, 0.1) is 0 Å². The van der Waals surface area contributed by atoms with Gasteiger partial charge in [-0.15, -0.1) is 0 Å². The molecule has 4 nitrogen and oxygen atoms in total. The fourth-order valence-electron chi connectivity index (χ4n) is 3.49. The second-order valence-corrected chi connectivity index (χ2v) is 7.45. The van der Waals surface area contributed by atoms with Gasteiger partial charge >= 0.3 is 6.18 Å². The zero-order valence-corrected chi connectivity index (χ0v) is 16.5. The third-order valence-corrected chi connectivity index (χ3v) is 5.33. The zero-order valence-electron chi connectivity index (χ0n) is 15.7. The quantitative estimate of drug-likeness (QED) is 0.565. The normalized spacial score (nSPS) is 16.7. The number of phenols is 1. The molecular formula is C22H18ClF3N2O2. The van der Waals surface area contributed by atoms with Gasteiger partial charge in [0, 0.05) is 35.8 Å². The van der Waals surface area contributed by atoms with Crippen LogP contribution in [0.2, 0.25) is 5.02 Å². The Hall–Kier alpha value is -2.93. The summed E-state index contributed by atoms with van der Waals surface area (Å²) < 4.78 is 43.6. The Morgan fingerprint density at radius 2 is 1.90 bits per heavy atom. The summed E-state index contributed by atoms with van der Waals surface area (Å²) in [6.07, 6.45) is -3.24. The molecule has 1 aromatic heterocycles. The number of benzene rings is 2. The number of pyridine rings is 1. The molecule has 0 radical (unpaired) electrons. The molecule has 1 fully saturated rings. The summed E-state index contributed by atoms with van der Waals surface area (Å²) in [5, 5.41) is 11.1. The van der Waals surface area contributed by atoms with Crippen molar-refractivity contribution in [3.8, 4) is 22.8 Å². The smallest absolute Gasteiger partial charge is 0.417 e. The first-order chi connectivity index (χ1) is 14.3. The van der Waals surface area contributed by atoms with Gasteiger partial charge in [-0.05, 0) is 29.8 Å². The van der Waals surface area contributed by atoms with Crippen molar-refractivity contribution in [1.82, 2.24) is 4.98 Å². The maximum atomic E-state index is 12.6. The molecule has 2 aromatic carbocycles. The molecule has 8 heteroatoms. The van der Waals surface area contributed by atoms with E-state index in [-0.39, 0.29) is 17.7 Å². The number of alkyl halides is 3. The highest BCUT2D eigenvalue weighted by Crippen LogP contribution is 2.37. The molecule has 1 aliphatic rings. The van der Waals surface area contributed by atoms with Crippen molar-refractivity contribution in [2.45, 2.75) is 18.7 Å². The number of rotatable bonds is 4. The van der Waals surface area contributed by atoms with Crippen molar-refractivity contribution >= 4 is 17.3 Å². The molecule has 30 heavy (non-hydrogen) atoms. The Labute approximate surface area is 176 Å². The SMILES string of the molecule is Oc1cc(-c2ccccc2Cl)ccc1N1CC[C@@H](Oc2ccc(C(F)(F)F)cn2)C1. The van der Waals surface area contributed by atoms with Crippen molar-refractivity contribution in [2.24, 2.45) is 0 Å². The predicted octanol–water partition coefficient (Wildman–Crippen LogP) is 5.78. The summed E-state index contributed by atoms with van der Waals surface area (Å²) in [6.45, 7) is 1.13. The van der Waals surface area contributed by atoms with Crippen LogP contribution in [0.15, 0.2) is 60.8 Å². The van der Waals surface area contributed by atoms with E-state index >= 15 is 0 Å². The van der Waals surface area contributed by atoms with Crippen LogP contribution in [-0.2, 0) is 6.18 Å². The Kier molecular flexibility index (Phi) is 5.47. The van der Waals surface area contributed by atoms with E-state index in [2.05, 4.69) is 4.98 Å². The third kappa shape index (κ3) is 4.31. The molecule has 0 amide bonds. The first kappa shape index (κ1) is 20.3. The van der Waals surface area contributed by atoms with Gasteiger partial charge in [0.05, 0.1) is 17.8 Å². The average molecular weight is 435 g/mol. The van der Waals surface area contributed by atoms with Gasteiger partial charge in [-0.2, -0.15) is 13.2 Å². The van der Waals surface area contributed by atoms with Crippen molar-refractivity contribution in [2.75, 3.05) is 18.0 Å².